The van der Waals surface area contributed by atoms with Crippen molar-refractivity contribution in [1.29, 1.82) is 0 Å². The summed E-state index contributed by atoms with van der Waals surface area (Å²) in [5.74, 6) is 0.430. The fourth-order valence-electron chi connectivity index (χ4n) is 3.72. The van der Waals surface area contributed by atoms with Crippen molar-refractivity contribution in [3.63, 3.8) is 0 Å². The molecule has 2 aromatic rings. The Balaban J connectivity index is 2.09. The third-order valence-electron chi connectivity index (χ3n) is 5.35. The first kappa shape index (κ1) is 19.4. The summed E-state index contributed by atoms with van der Waals surface area (Å²) >= 11 is 1.76. The van der Waals surface area contributed by atoms with E-state index in [2.05, 4.69) is 71.0 Å². The van der Waals surface area contributed by atoms with E-state index >= 15 is 0 Å². The standard InChI is InChI=1S/C22H32N2OS/c1-21(2,3)15-11-14(12-16(19(15)25)22(4,5)6)17-13-26-20(23-17)18-9-8-10-24(18)7/h11-13,18,25H,8-10H2,1-7H3. The maximum atomic E-state index is 10.9. The number of nitrogens with zero attached hydrogens (tertiary/aromatic N) is 2. The number of aromatic hydroxyl groups is 1. The van der Waals surface area contributed by atoms with E-state index in [1.165, 1.54) is 17.8 Å². The summed E-state index contributed by atoms with van der Waals surface area (Å²) in [5.41, 5.74) is 3.89. The van der Waals surface area contributed by atoms with E-state index in [4.69, 9.17) is 4.98 Å². The molecule has 1 aliphatic rings. The molecule has 1 saturated heterocycles. The Bertz CT molecular complexity index is 760. The second-order valence-corrected chi connectivity index (χ2v) is 10.5. The third-order valence-corrected chi connectivity index (χ3v) is 6.30. The van der Waals surface area contributed by atoms with Crippen LogP contribution in [0.2, 0.25) is 0 Å². The molecule has 1 unspecified atom stereocenters. The smallest absolute Gasteiger partial charge is 0.123 e. The molecule has 142 valence electrons. The Labute approximate surface area is 162 Å². The largest absolute Gasteiger partial charge is 0.507 e. The molecule has 2 heterocycles. The third kappa shape index (κ3) is 3.67. The summed E-state index contributed by atoms with van der Waals surface area (Å²) in [4.78, 5) is 7.39. The molecule has 0 aliphatic carbocycles. The van der Waals surface area contributed by atoms with Gasteiger partial charge in [0.2, 0.25) is 0 Å². The van der Waals surface area contributed by atoms with Crippen molar-refractivity contribution in [2.75, 3.05) is 13.6 Å². The van der Waals surface area contributed by atoms with E-state index in [0.717, 1.165) is 28.9 Å². The summed E-state index contributed by atoms with van der Waals surface area (Å²) in [6.07, 6.45) is 2.44. The van der Waals surface area contributed by atoms with Crippen molar-refractivity contribution < 1.29 is 5.11 Å². The lowest BCUT2D eigenvalue weighted by molar-refractivity contribution is 0.317. The average Bonchev–Trinajstić information content (AvgIpc) is 3.13. The van der Waals surface area contributed by atoms with E-state index in [1.54, 1.807) is 11.3 Å². The number of thiazole rings is 1. The van der Waals surface area contributed by atoms with Gasteiger partial charge in [-0.1, -0.05) is 41.5 Å². The number of phenols is 1. The zero-order chi connectivity index (χ0) is 19.3. The Morgan fingerprint density at radius 1 is 1.08 bits per heavy atom. The van der Waals surface area contributed by atoms with Crippen LogP contribution in [0, 0.1) is 0 Å². The van der Waals surface area contributed by atoms with E-state index < -0.39 is 0 Å². The highest BCUT2D eigenvalue weighted by atomic mass is 32.1. The van der Waals surface area contributed by atoms with Crippen LogP contribution in [0.25, 0.3) is 11.3 Å². The summed E-state index contributed by atoms with van der Waals surface area (Å²) < 4.78 is 0. The molecule has 1 aliphatic heterocycles. The van der Waals surface area contributed by atoms with Crippen molar-refractivity contribution in [2.24, 2.45) is 0 Å². The normalized spacial score (nSPS) is 19.3. The van der Waals surface area contributed by atoms with Crippen LogP contribution in [0.5, 0.6) is 5.75 Å². The van der Waals surface area contributed by atoms with Crippen LogP contribution >= 0.6 is 11.3 Å². The Kier molecular flexibility index (Phi) is 4.95. The summed E-state index contributed by atoms with van der Waals surface area (Å²) in [6.45, 7) is 14.1. The second-order valence-electron chi connectivity index (χ2n) is 9.63. The van der Waals surface area contributed by atoms with Crippen molar-refractivity contribution >= 4 is 11.3 Å². The van der Waals surface area contributed by atoms with Crippen molar-refractivity contribution in [2.45, 2.75) is 71.3 Å². The fourth-order valence-corrected chi connectivity index (χ4v) is 4.75. The number of aromatic nitrogens is 1. The van der Waals surface area contributed by atoms with Crippen molar-refractivity contribution in [3.8, 4) is 17.0 Å². The molecule has 3 rings (SSSR count). The van der Waals surface area contributed by atoms with Gasteiger partial charge in [-0.3, -0.25) is 4.90 Å². The molecule has 1 N–H and O–H groups in total. The highest BCUT2D eigenvalue weighted by molar-refractivity contribution is 7.10. The zero-order valence-corrected chi connectivity index (χ0v) is 18.0. The molecule has 1 atom stereocenters. The van der Waals surface area contributed by atoms with E-state index in [9.17, 15) is 5.11 Å². The van der Waals surface area contributed by atoms with E-state index in [0.29, 0.717) is 11.8 Å². The van der Waals surface area contributed by atoms with Gasteiger partial charge < -0.3 is 5.11 Å². The summed E-state index contributed by atoms with van der Waals surface area (Å²) in [7, 11) is 2.19. The second kappa shape index (κ2) is 6.65. The molecule has 4 heteroatoms. The molecule has 0 saturated carbocycles. The minimum Gasteiger partial charge on any atom is -0.507 e. The minimum atomic E-state index is -0.120. The molecule has 3 nitrogen and oxygen atoms in total. The quantitative estimate of drug-likeness (QED) is 0.715. The van der Waals surface area contributed by atoms with Gasteiger partial charge in [0.1, 0.15) is 10.8 Å². The Morgan fingerprint density at radius 3 is 2.12 bits per heavy atom. The molecular weight excluding hydrogens is 340 g/mol. The van der Waals surface area contributed by atoms with Crippen molar-refractivity contribution in [3.05, 3.63) is 33.6 Å². The summed E-state index contributed by atoms with van der Waals surface area (Å²) in [5, 5.41) is 14.3. The van der Waals surface area contributed by atoms with Crippen LogP contribution in [0.15, 0.2) is 17.5 Å². The molecule has 0 radical (unpaired) electrons. The number of rotatable bonds is 2. The van der Waals surface area contributed by atoms with Gasteiger partial charge in [-0.15, -0.1) is 11.3 Å². The van der Waals surface area contributed by atoms with Gasteiger partial charge in [0.05, 0.1) is 11.7 Å². The first-order chi connectivity index (χ1) is 12.0. The molecular formula is C22H32N2OS. The lowest BCUT2D eigenvalue weighted by Crippen LogP contribution is -2.17. The van der Waals surface area contributed by atoms with Gasteiger partial charge in [-0.05, 0) is 49.4 Å². The van der Waals surface area contributed by atoms with Gasteiger partial charge >= 0.3 is 0 Å². The number of hydrogen-bond acceptors (Lipinski definition) is 4. The number of benzene rings is 1. The van der Waals surface area contributed by atoms with E-state index in [-0.39, 0.29) is 10.8 Å². The number of phenolic OH excluding ortho intramolecular Hbond substituents is 1. The van der Waals surface area contributed by atoms with Crippen molar-refractivity contribution in [1.82, 2.24) is 9.88 Å². The van der Waals surface area contributed by atoms with Crippen LogP contribution in [-0.4, -0.2) is 28.6 Å². The maximum absolute atomic E-state index is 10.9. The van der Waals surface area contributed by atoms with Gasteiger partial charge in [-0.25, -0.2) is 4.98 Å². The minimum absolute atomic E-state index is 0.120. The monoisotopic (exact) mass is 372 g/mol. The van der Waals surface area contributed by atoms with Crippen LogP contribution in [0.1, 0.15) is 76.6 Å². The Hall–Kier alpha value is -1.39. The van der Waals surface area contributed by atoms with E-state index in [1.807, 2.05) is 0 Å². The molecule has 1 fully saturated rings. The molecule has 26 heavy (non-hydrogen) atoms. The number of hydrogen-bond donors (Lipinski definition) is 1. The zero-order valence-electron chi connectivity index (χ0n) is 17.2. The lowest BCUT2D eigenvalue weighted by Gasteiger charge is -2.28. The van der Waals surface area contributed by atoms with Crippen LogP contribution in [0.3, 0.4) is 0 Å². The number of likely N-dealkylation sites (tertiary alicyclic amines) is 1. The predicted molar refractivity (Wildman–Crippen MR) is 111 cm³/mol. The van der Waals surface area contributed by atoms with Gasteiger partial charge in [-0.2, -0.15) is 0 Å². The first-order valence-electron chi connectivity index (χ1n) is 9.52. The predicted octanol–water partition coefficient (Wildman–Crippen LogP) is 5.88. The molecule has 1 aromatic heterocycles. The highest BCUT2D eigenvalue weighted by Crippen LogP contribution is 2.42. The average molecular weight is 373 g/mol. The maximum Gasteiger partial charge on any atom is 0.123 e. The van der Waals surface area contributed by atoms with Crippen LogP contribution < -0.4 is 0 Å². The lowest BCUT2D eigenvalue weighted by atomic mass is 9.78. The van der Waals surface area contributed by atoms with Gasteiger partial charge in [0.25, 0.3) is 0 Å². The Morgan fingerprint density at radius 2 is 1.65 bits per heavy atom. The molecule has 0 bridgehead atoms. The fraction of sp³-hybridized carbons (Fsp3) is 0.591. The van der Waals surface area contributed by atoms with Gasteiger partial charge in [0, 0.05) is 22.1 Å². The molecule has 0 amide bonds. The highest BCUT2D eigenvalue weighted by Gasteiger charge is 2.28. The van der Waals surface area contributed by atoms with Gasteiger partial charge in [0.15, 0.2) is 0 Å². The SMILES string of the molecule is CN1CCCC1c1nc(-c2cc(C(C)(C)C)c(O)c(C(C)(C)C)c2)cs1. The molecule has 1 aromatic carbocycles. The topological polar surface area (TPSA) is 36.4 Å². The summed E-state index contributed by atoms with van der Waals surface area (Å²) in [6, 6.07) is 4.71. The van der Waals surface area contributed by atoms with Crippen LogP contribution in [-0.2, 0) is 10.8 Å². The first-order valence-corrected chi connectivity index (χ1v) is 10.4. The van der Waals surface area contributed by atoms with Crippen LogP contribution in [0.4, 0.5) is 0 Å². The molecule has 0 spiro atoms.